The minimum absolute atomic E-state index is 0.0524. The smallest absolute Gasteiger partial charge is 0.265 e. The van der Waals surface area contributed by atoms with Crippen LogP contribution < -0.4 is 0 Å². The van der Waals surface area contributed by atoms with Gasteiger partial charge >= 0.3 is 0 Å². The van der Waals surface area contributed by atoms with Crippen molar-refractivity contribution in [2.24, 2.45) is 0 Å². The quantitative estimate of drug-likeness (QED) is 0.603. The first-order valence-corrected chi connectivity index (χ1v) is 7.23. The third-order valence-electron chi connectivity index (χ3n) is 2.36. The number of nitrogens with zero attached hydrogens (tertiary/aromatic N) is 1. The van der Waals surface area contributed by atoms with Gasteiger partial charge in [0.2, 0.25) is 0 Å². The maximum absolute atomic E-state index is 11.8. The summed E-state index contributed by atoms with van der Waals surface area (Å²) in [5, 5.41) is 0. The van der Waals surface area contributed by atoms with Crippen LogP contribution in [-0.4, -0.2) is 22.2 Å². The van der Waals surface area contributed by atoms with Crippen molar-refractivity contribution in [3.05, 3.63) is 51.4 Å². The standard InChI is InChI=1S/C13H10BrNOS2/c1-15-12(16)11(18-13(15)17)8-10(14)7-9-5-3-2-4-6-9/h2-8H,1H3/b10-7-,11-8?. The molecule has 0 radical (unpaired) electrons. The van der Waals surface area contributed by atoms with Crippen LogP contribution in [0.25, 0.3) is 6.08 Å². The number of benzene rings is 1. The third kappa shape index (κ3) is 3.10. The summed E-state index contributed by atoms with van der Waals surface area (Å²) in [7, 11) is 1.69. The number of thioether (sulfide) groups is 1. The molecule has 1 aliphatic rings. The SMILES string of the molecule is CN1C(=O)C(=C/C(Br)=C/c2ccccc2)SC1=S. The van der Waals surface area contributed by atoms with Gasteiger partial charge < -0.3 is 0 Å². The number of carbonyl (C=O) groups excluding carboxylic acids is 1. The highest BCUT2D eigenvalue weighted by molar-refractivity contribution is 9.12. The molecule has 0 aliphatic carbocycles. The molecule has 0 N–H and O–H groups in total. The maximum atomic E-state index is 11.8. The molecule has 18 heavy (non-hydrogen) atoms. The number of hydrogen-bond acceptors (Lipinski definition) is 3. The molecule has 2 rings (SSSR count). The first-order chi connectivity index (χ1) is 8.58. The third-order valence-corrected chi connectivity index (χ3v) is 4.30. The van der Waals surface area contributed by atoms with E-state index >= 15 is 0 Å². The number of allylic oxidation sites excluding steroid dienone is 2. The molecule has 1 aromatic rings. The number of amides is 1. The van der Waals surface area contributed by atoms with E-state index in [9.17, 15) is 4.79 Å². The van der Waals surface area contributed by atoms with Crippen molar-refractivity contribution in [1.82, 2.24) is 4.90 Å². The number of halogens is 1. The Morgan fingerprint density at radius 2 is 2.06 bits per heavy atom. The highest BCUT2D eigenvalue weighted by atomic mass is 79.9. The monoisotopic (exact) mass is 339 g/mol. The van der Waals surface area contributed by atoms with Crippen LogP contribution in [0.2, 0.25) is 0 Å². The van der Waals surface area contributed by atoms with E-state index in [4.69, 9.17) is 12.2 Å². The van der Waals surface area contributed by atoms with Gasteiger partial charge in [0.25, 0.3) is 5.91 Å². The summed E-state index contributed by atoms with van der Waals surface area (Å²) < 4.78 is 1.44. The summed E-state index contributed by atoms with van der Waals surface area (Å²) in [5.74, 6) is -0.0524. The van der Waals surface area contributed by atoms with E-state index in [2.05, 4.69) is 15.9 Å². The van der Waals surface area contributed by atoms with Crippen LogP contribution in [0, 0.1) is 0 Å². The van der Waals surface area contributed by atoms with Crippen LogP contribution >= 0.6 is 39.9 Å². The van der Waals surface area contributed by atoms with Crippen molar-refractivity contribution in [2.75, 3.05) is 7.05 Å². The van der Waals surface area contributed by atoms with Crippen LogP contribution in [0.1, 0.15) is 5.56 Å². The summed E-state index contributed by atoms with van der Waals surface area (Å²) in [4.78, 5) is 13.9. The minimum Gasteiger partial charge on any atom is -0.296 e. The summed E-state index contributed by atoms with van der Waals surface area (Å²) in [6.07, 6.45) is 3.76. The zero-order valence-electron chi connectivity index (χ0n) is 9.59. The average Bonchev–Trinajstić information content (AvgIpc) is 2.58. The lowest BCUT2D eigenvalue weighted by atomic mass is 10.2. The largest absolute Gasteiger partial charge is 0.296 e. The van der Waals surface area contributed by atoms with Crippen molar-refractivity contribution >= 4 is 56.2 Å². The predicted octanol–water partition coefficient (Wildman–Crippen LogP) is 3.80. The number of rotatable bonds is 2. The van der Waals surface area contributed by atoms with E-state index in [0.29, 0.717) is 9.23 Å². The van der Waals surface area contributed by atoms with Crippen LogP contribution in [0.5, 0.6) is 0 Å². The van der Waals surface area contributed by atoms with Gasteiger partial charge in [-0.2, -0.15) is 0 Å². The Bertz CT molecular complexity index is 551. The average molecular weight is 340 g/mol. The number of carbonyl (C=O) groups is 1. The zero-order valence-corrected chi connectivity index (χ0v) is 12.8. The van der Waals surface area contributed by atoms with E-state index in [-0.39, 0.29) is 5.91 Å². The van der Waals surface area contributed by atoms with E-state index < -0.39 is 0 Å². The predicted molar refractivity (Wildman–Crippen MR) is 84.4 cm³/mol. The molecule has 5 heteroatoms. The molecule has 1 saturated heterocycles. The lowest BCUT2D eigenvalue weighted by molar-refractivity contribution is -0.121. The van der Waals surface area contributed by atoms with E-state index in [1.807, 2.05) is 36.4 Å². The normalized spacial score (nSPS) is 18.9. The van der Waals surface area contributed by atoms with Crippen LogP contribution in [0.3, 0.4) is 0 Å². The Morgan fingerprint density at radius 1 is 1.39 bits per heavy atom. The number of thiocarbonyl (C=S) groups is 1. The van der Waals surface area contributed by atoms with Crippen molar-refractivity contribution < 1.29 is 4.79 Å². The molecule has 1 fully saturated rings. The number of hydrogen-bond donors (Lipinski definition) is 0. The second-order valence-electron chi connectivity index (χ2n) is 3.68. The van der Waals surface area contributed by atoms with Gasteiger partial charge in [-0.3, -0.25) is 9.69 Å². The van der Waals surface area contributed by atoms with Gasteiger partial charge in [0.05, 0.1) is 4.91 Å². The molecule has 1 amide bonds. The number of likely N-dealkylation sites (N-methyl/N-ethyl adjacent to an activating group) is 1. The first kappa shape index (κ1) is 13.5. The molecule has 0 aromatic heterocycles. The molecule has 0 spiro atoms. The summed E-state index contributed by atoms with van der Waals surface area (Å²) >= 11 is 9.84. The Morgan fingerprint density at radius 3 is 2.61 bits per heavy atom. The molecule has 2 nitrogen and oxygen atoms in total. The van der Waals surface area contributed by atoms with Crippen LogP contribution in [0.4, 0.5) is 0 Å². The first-order valence-electron chi connectivity index (χ1n) is 5.22. The van der Waals surface area contributed by atoms with Gasteiger partial charge in [0.15, 0.2) is 0 Å². The molecule has 0 bridgehead atoms. The van der Waals surface area contributed by atoms with Gasteiger partial charge in [-0.25, -0.2) is 0 Å². The lowest BCUT2D eigenvalue weighted by Gasteiger charge is -2.03. The summed E-state index contributed by atoms with van der Waals surface area (Å²) in [5.41, 5.74) is 1.08. The summed E-state index contributed by atoms with van der Waals surface area (Å²) in [6, 6.07) is 9.91. The van der Waals surface area contributed by atoms with E-state index in [1.54, 1.807) is 13.1 Å². The second-order valence-corrected chi connectivity index (χ2v) is 6.27. The Hall–Kier alpha value is -0.910. The topological polar surface area (TPSA) is 20.3 Å². The van der Waals surface area contributed by atoms with Gasteiger partial charge in [-0.15, -0.1) is 0 Å². The fraction of sp³-hybridized carbons (Fsp3) is 0.0769. The van der Waals surface area contributed by atoms with Gasteiger partial charge in [0, 0.05) is 11.5 Å². The highest BCUT2D eigenvalue weighted by Crippen LogP contribution is 2.31. The molecule has 0 atom stereocenters. The van der Waals surface area contributed by atoms with Gasteiger partial charge in [0.1, 0.15) is 4.32 Å². The van der Waals surface area contributed by atoms with E-state index in [1.165, 1.54) is 16.7 Å². The molecule has 0 saturated carbocycles. The zero-order chi connectivity index (χ0) is 13.1. The fourth-order valence-electron chi connectivity index (χ4n) is 1.42. The molecule has 1 heterocycles. The van der Waals surface area contributed by atoms with Gasteiger partial charge in [-0.1, -0.05) is 70.2 Å². The highest BCUT2D eigenvalue weighted by Gasteiger charge is 2.28. The van der Waals surface area contributed by atoms with Crippen molar-refractivity contribution in [3.8, 4) is 0 Å². The van der Waals surface area contributed by atoms with Crippen LogP contribution in [-0.2, 0) is 4.79 Å². The Balaban J connectivity index is 2.22. The molecule has 1 aliphatic heterocycles. The molecule has 92 valence electrons. The van der Waals surface area contributed by atoms with Crippen LogP contribution in [0.15, 0.2) is 45.8 Å². The molecule has 0 unspecified atom stereocenters. The lowest BCUT2D eigenvalue weighted by Crippen LogP contribution is -2.22. The molecular weight excluding hydrogens is 330 g/mol. The van der Waals surface area contributed by atoms with E-state index in [0.717, 1.165) is 10.0 Å². The molecular formula is C13H10BrNOS2. The summed E-state index contributed by atoms with van der Waals surface area (Å²) in [6.45, 7) is 0. The molecule has 1 aromatic carbocycles. The Labute approximate surface area is 124 Å². The minimum atomic E-state index is -0.0524. The second kappa shape index (κ2) is 5.82. The fourth-order valence-corrected chi connectivity index (χ4v) is 3.24. The van der Waals surface area contributed by atoms with Crippen molar-refractivity contribution in [2.45, 2.75) is 0 Å². The van der Waals surface area contributed by atoms with Crippen molar-refractivity contribution in [3.63, 3.8) is 0 Å². The van der Waals surface area contributed by atoms with Crippen molar-refractivity contribution in [1.29, 1.82) is 0 Å². The van der Waals surface area contributed by atoms with Gasteiger partial charge in [-0.05, 0) is 17.7 Å². The maximum Gasteiger partial charge on any atom is 0.265 e. The Kier molecular flexibility index (Phi) is 4.37.